The van der Waals surface area contributed by atoms with Crippen LogP contribution in [0.1, 0.15) is 15.2 Å². The molecule has 2 N–H and O–H groups in total. The molecule has 0 bridgehead atoms. The van der Waals surface area contributed by atoms with Gasteiger partial charge in [-0.3, -0.25) is 0 Å². The lowest BCUT2D eigenvalue weighted by atomic mass is 10.2. The molecule has 0 fully saturated rings. The van der Waals surface area contributed by atoms with Crippen molar-refractivity contribution < 1.29 is 14.3 Å². The van der Waals surface area contributed by atoms with Gasteiger partial charge in [0.1, 0.15) is 10.2 Å². The summed E-state index contributed by atoms with van der Waals surface area (Å²) in [5, 5.41) is 11.9. The Labute approximate surface area is 126 Å². The third-order valence-electron chi connectivity index (χ3n) is 2.36. The van der Waals surface area contributed by atoms with Crippen molar-refractivity contribution in [3.8, 4) is 0 Å². The molecule has 0 saturated heterocycles. The Morgan fingerprint density at radius 3 is 2.79 bits per heavy atom. The molecular weight excluding hydrogens is 357 g/mol. The summed E-state index contributed by atoms with van der Waals surface area (Å²) in [7, 11) is 0. The number of halogens is 3. The molecule has 2 rings (SSSR count). The largest absolute Gasteiger partial charge is 0.478 e. The predicted octanol–water partition coefficient (Wildman–Crippen LogP) is 4.61. The average Bonchev–Trinajstić information content (AvgIpc) is 2.67. The summed E-state index contributed by atoms with van der Waals surface area (Å²) in [6.07, 6.45) is 0. The molecule has 0 radical (unpaired) electrons. The van der Waals surface area contributed by atoms with Crippen LogP contribution in [0.3, 0.4) is 0 Å². The molecule has 0 aliphatic heterocycles. The van der Waals surface area contributed by atoms with E-state index in [2.05, 4.69) is 21.2 Å². The smallest absolute Gasteiger partial charge is 0.338 e. The molecule has 19 heavy (non-hydrogen) atoms. The molecule has 0 aliphatic carbocycles. The van der Waals surface area contributed by atoms with Gasteiger partial charge in [-0.25, -0.2) is 9.18 Å². The van der Waals surface area contributed by atoms with E-state index >= 15 is 0 Å². The second-order valence-electron chi connectivity index (χ2n) is 3.69. The van der Waals surface area contributed by atoms with Gasteiger partial charge in [0.15, 0.2) is 0 Å². The van der Waals surface area contributed by atoms with Gasteiger partial charge in [0.05, 0.1) is 5.56 Å². The van der Waals surface area contributed by atoms with Gasteiger partial charge in [-0.1, -0.05) is 11.6 Å². The van der Waals surface area contributed by atoms with E-state index in [0.29, 0.717) is 16.6 Å². The van der Waals surface area contributed by atoms with E-state index in [9.17, 15) is 9.18 Å². The first kappa shape index (κ1) is 14.3. The molecule has 1 heterocycles. The van der Waals surface area contributed by atoms with Gasteiger partial charge in [0.25, 0.3) is 0 Å². The van der Waals surface area contributed by atoms with Crippen molar-refractivity contribution in [1.82, 2.24) is 0 Å². The minimum atomic E-state index is -1.29. The normalized spacial score (nSPS) is 10.5. The topological polar surface area (TPSA) is 49.3 Å². The van der Waals surface area contributed by atoms with E-state index in [0.717, 1.165) is 15.4 Å². The number of hydrogen-bond acceptors (Lipinski definition) is 3. The van der Waals surface area contributed by atoms with Gasteiger partial charge >= 0.3 is 5.97 Å². The summed E-state index contributed by atoms with van der Waals surface area (Å²) in [5.74, 6) is -2.04. The van der Waals surface area contributed by atoms with Crippen molar-refractivity contribution in [2.75, 3.05) is 5.32 Å². The zero-order valence-corrected chi connectivity index (χ0v) is 12.6. The lowest BCUT2D eigenvalue weighted by Gasteiger charge is -2.06. The van der Waals surface area contributed by atoms with Crippen LogP contribution >= 0.6 is 38.9 Å². The van der Waals surface area contributed by atoms with Crippen molar-refractivity contribution in [2.24, 2.45) is 0 Å². The van der Waals surface area contributed by atoms with Crippen LogP contribution in [0.5, 0.6) is 0 Å². The number of rotatable bonds is 4. The van der Waals surface area contributed by atoms with Gasteiger partial charge < -0.3 is 10.4 Å². The van der Waals surface area contributed by atoms with Crippen LogP contribution in [-0.2, 0) is 6.54 Å². The lowest BCUT2D eigenvalue weighted by Crippen LogP contribution is -2.03. The zero-order valence-electron chi connectivity index (χ0n) is 9.41. The minimum Gasteiger partial charge on any atom is -0.478 e. The highest BCUT2D eigenvalue weighted by atomic mass is 79.9. The van der Waals surface area contributed by atoms with Crippen LogP contribution in [0.4, 0.5) is 10.1 Å². The lowest BCUT2D eigenvalue weighted by molar-refractivity contribution is 0.0692. The van der Waals surface area contributed by atoms with Crippen LogP contribution < -0.4 is 5.32 Å². The zero-order chi connectivity index (χ0) is 14.0. The molecule has 0 aliphatic rings. The number of aromatic carboxylic acids is 1. The summed E-state index contributed by atoms with van der Waals surface area (Å²) in [6, 6.07) is 5.76. The molecule has 1 aromatic carbocycles. The first-order valence-corrected chi connectivity index (χ1v) is 7.16. The standard InChI is InChI=1S/C12H8BrClFNO2S/c13-9-4-7(19-11(9)14)5-16-6-1-2-10(15)8(3-6)12(17)18/h1-4,16H,5H2,(H,17,18). The maximum absolute atomic E-state index is 13.2. The van der Waals surface area contributed by atoms with Gasteiger partial charge in [0.2, 0.25) is 0 Å². The number of anilines is 1. The van der Waals surface area contributed by atoms with E-state index in [4.69, 9.17) is 16.7 Å². The first-order valence-electron chi connectivity index (χ1n) is 5.18. The molecule has 1 aromatic heterocycles. The molecule has 0 atom stereocenters. The number of benzene rings is 1. The second-order valence-corrected chi connectivity index (χ2v) is 6.28. The third kappa shape index (κ3) is 3.46. The summed E-state index contributed by atoms with van der Waals surface area (Å²) < 4.78 is 14.7. The van der Waals surface area contributed by atoms with E-state index < -0.39 is 11.8 Å². The summed E-state index contributed by atoms with van der Waals surface area (Å²) in [4.78, 5) is 11.8. The molecule has 100 valence electrons. The maximum atomic E-state index is 13.2. The average molecular weight is 365 g/mol. The van der Waals surface area contributed by atoms with Crippen LogP contribution in [0, 0.1) is 5.82 Å². The summed E-state index contributed by atoms with van der Waals surface area (Å²) in [5.41, 5.74) is 0.190. The summed E-state index contributed by atoms with van der Waals surface area (Å²) >= 11 is 10.6. The monoisotopic (exact) mass is 363 g/mol. The van der Waals surface area contributed by atoms with Crippen molar-refractivity contribution in [1.29, 1.82) is 0 Å². The van der Waals surface area contributed by atoms with Gasteiger partial charge in [0, 0.05) is 21.6 Å². The summed E-state index contributed by atoms with van der Waals surface area (Å²) in [6.45, 7) is 0.487. The number of carbonyl (C=O) groups is 1. The highest BCUT2D eigenvalue weighted by molar-refractivity contribution is 9.10. The molecule has 7 heteroatoms. The molecule has 0 amide bonds. The second kappa shape index (κ2) is 5.90. The van der Waals surface area contributed by atoms with Crippen molar-refractivity contribution >= 4 is 50.5 Å². The van der Waals surface area contributed by atoms with Gasteiger partial charge in [-0.05, 0) is 40.2 Å². The molecule has 0 spiro atoms. The van der Waals surface area contributed by atoms with Crippen molar-refractivity contribution in [3.63, 3.8) is 0 Å². The quantitative estimate of drug-likeness (QED) is 0.832. The van der Waals surface area contributed by atoms with E-state index in [-0.39, 0.29) is 5.56 Å². The van der Waals surface area contributed by atoms with E-state index in [1.54, 1.807) is 0 Å². The maximum Gasteiger partial charge on any atom is 0.338 e. The van der Waals surface area contributed by atoms with Crippen LogP contribution in [0.15, 0.2) is 28.7 Å². The fourth-order valence-electron chi connectivity index (χ4n) is 1.47. The first-order chi connectivity index (χ1) is 8.97. The van der Waals surface area contributed by atoms with Crippen molar-refractivity contribution in [2.45, 2.75) is 6.54 Å². The molecule has 0 unspecified atom stereocenters. The Balaban J connectivity index is 2.11. The Bertz CT molecular complexity index is 613. The van der Waals surface area contributed by atoms with Crippen LogP contribution in [0.25, 0.3) is 0 Å². The number of carboxylic acid groups (broad SMARTS) is 1. The number of thiophene rings is 1. The fraction of sp³-hybridized carbons (Fsp3) is 0.0833. The SMILES string of the molecule is O=C(O)c1cc(NCc2cc(Br)c(Cl)s2)ccc1F. The Hall–Kier alpha value is -1.11. The van der Waals surface area contributed by atoms with Crippen LogP contribution in [0.2, 0.25) is 4.34 Å². The Morgan fingerprint density at radius 1 is 1.47 bits per heavy atom. The van der Waals surface area contributed by atoms with E-state index in [1.165, 1.54) is 23.5 Å². The molecule has 2 aromatic rings. The van der Waals surface area contributed by atoms with Crippen molar-refractivity contribution in [3.05, 3.63) is 49.3 Å². The molecular formula is C12H8BrClFNO2S. The number of nitrogens with one attached hydrogen (secondary N) is 1. The van der Waals surface area contributed by atoms with Gasteiger partial charge in [-0.15, -0.1) is 11.3 Å². The third-order valence-corrected chi connectivity index (χ3v) is 4.83. The minimum absolute atomic E-state index is 0.351. The molecule has 3 nitrogen and oxygen atoms in total. The highest BCUT2D eigenvalue weighted by Gasteiger charge is 2.11. The van der Waals surface area contributed by atoms with E-state index in [1.807, 2.05) is 6.07 Å². The Morgan fingerprint density at radius 2 is 2.21 bits per heavy atom. The molecule has 0 saturated carbocycles. The Kier molecular flexibility index (Phi) is 4.44. The number of carboxylic acids is 1. The highest BCUT2D eigenvalue weighted by Crippen LogP contribution is 2.32. The predicted molar refractivity (Wildman–Crippen MR) is 77.7 cm³/mol. The van der Waals surface area contributed by atoms with Crippen LogP contribution in [-0.4, -0.2) is 11.1 Å². The number of hydrogen-bond donors (Lipinski definition) is 2. The van der Waals surface area contributed by atoms with Gasteiger partial charge in [-0.2, -0.15) is 0 Å². The fourth-order valence-corrected chi connectivity index (χ4v) is 3.20.